The Morgan fingerprint density at radius 1 is 1.36 bits per heavy atom. The molecule has 1 amide bonds. The average molecular weight is 359 g/mol. The van der Waals surface area contributed by atoms with E-state index >= 15 is 0 Å². The number of hydrogen-bond acceptors (Lipinski definition) is 7. The molecule has 1 fully saturated rings. The van der Waals surface area contributed by atoms with Crippen molar-refractivity contribution < 1.29 is 13.9 Å². The van der Waals surface area contributed by atoms with Crippen LogP contribution in [-0.2, 0) is 9.53 Å². The molecule has 0 bridgehead atoms. The highest BCUT2D eigenvalue weighted by atomic mass is 32.2. The number of carbonyl (C=O) groups excluding carboxylic acids is 1. The number of rotatable bonds is 6. The lowest BCUT2D eigenvalue weighted by Crippen LogP contribution is -2.32. The molecular weight excluding hydrogens is 342 g/mol. The van der Waals surface area contributed by atoms with E-state index in [4.69, 9.17) is 9.15 Å². The number of nitrogens with zero attached hydrogens (tertiary/aromatic N) is 4. The van der Waals surface area contributed by atoms with Crippen molar-refractivity contribution in [2.24, 2.45) is 0 Å². The first-order valence-corrected chi connectivity index (χ1v) is 9.05. The van der Waals surface area contributed by atoms with E-state index in [1.165, 1.54) is 11.8 Å². The molecule has 0 radical (unpaired) electrons. The highest BCUT2D eigenvalue weighted by Gasteiger charge is 2.17. The molecule has 1 aliphatic heterocycles. The molecule has 0 spiro atoms. The third kappa shape index (κ3) is 3.67. The minimum atomic E-state index is -0.0561. The Bertz CT molecular complexity index is 858. The van der Waals surface area contributed by atoms with Gasteiger partial charge in [0.2, 0.25) is 11.1 Å². The highest BCUT2D eigenvalue weighted by molar-refractivity contribution is 7.99. The SMILES string of the molecule is O=C(CSc1nnc2ccc(-c3ccco3)nn12)NCC1CCCO1. The van der Waals surface area contributed by atoms with E-state index in [1.54, 1.807) is 16.8 Å². The predicted octanol–water partition coefficient (Wildman–Crippen LogP) is 1.77. The van der Waals surface area contributed by atoms with Crippen molar-refractivity contribution in [2.75, 3.05) is 18.9 Å². The quantitative estimate of drug-likeness (QED) is 0.670. The number of nitrogens with one attached hydrogen (secondary N) is 1. The molecule has 1 atom stereocenters. The lowest BCUT2D eigenvalue weighted by molar-refractivity contribution is -0.119. The van der Waals surface area contributed by atoms with Crippen molar-refractivity contribution in [1.29, 1.82) is 0 Å². The van der Waals surface area contributed by atoms with Crippen molar-refractivity contribution in [3.05, 3.63) is 30.5 Å². The number of aromatic nitrogens is 4. The lowest BCUT2D eigenvalue weighted by Gasteiger charge is -2.10. The number of carbonyl (C=O) groups is 1. The summed E-state index contributed by atoms with van der Waals surface area (Å²) < 4.78 is 12.5. The van der Waals surface area contributed by atoms with Gasteiger partial charge in [-0.05, 0) is 37.1 Å². The Morgan fingerprint density at radius 3 is 3.12 bits per heavy atom. The van der Waals surface area contributed by atoms with Gasteiger partial charge >= 0.3 is 0 Å². The van der Waals surface area contributed by atoms with Crippen LogP contribution in [0.5, 0.6) is 0 Å². The van der Waals surface area contributed by atoms with E-state index in [-0.39, 0.29) is 17.8 Å². The summed E-state index contributed by atoms with van der Waals surface area (Å²) >= 11 is 1.30. The van der Waals surface area contributed by atoms with Gasteiger partial charge in [-0.25, -0.2) is 0 Å². The summed E-state index contributed by atoms with van der Waals surface area (Å²) in [4.78, 5) is 12.0. The zero-order chi connectivity index (χ0) is 17.1. The lowest BCUT2D eigenvalue weighted by atomic mass is 10.2. The summed E-state index contributed by atoms with van der Waals surface area (Å²) in [5, 5.41) is 16.1. The summed E-state index contributed by atoms with van der Waals surface area (Å²) in [6.45, 7) is 1.34. The maximum absolute atomic E-state index is 12.0. The molecule has 9 heteroatoms. The van der Waals surface area contributed by atoms with E-state index in [0.29, 0.717) is 28.8 Å². The fourth-order valence-electron chi connectivity index (χ4n) is 2.63. The van der Waals surface area contributed by atoms with Crippen LogP contribution in [0.25, 0.3) is 17.1 Å². The highest BCUT2D eigenvalue weighted by Crippen LogP contribution is 2.20. The maximum atomic E-state index is 12.0. The Kier molecular flexibility index (Phi) is 4.66. The van der Waals surface area contributed by atoms with Crippen LogP contribution in [0.2, 0.25) is 0 Å². The summed E-state index contributed by atoms with van der Waals surface area (Å²) in [6, 6.07) is 7.29. The Labute approximate surface area is 147 Å². The summed E-state index contributed by atoms with van der Waals surface area (Å²) in [7, 11) is 0. The maximum Gasteiger partial charge on any atom is 0.230 e. The van der Waals surface area contributed by atoms with Crippen LogP contribution < -0.4 is 5.32 Å². The van der Waals surface area contributed by atoms with Gasteiger partial charge in [0.1, 0.15) is 5.69 Å². The molecule has 0 saturated carbocycles. The first kappa shape index (κ1) is 16.1. The Hall–Kier alpha value is -2.39. The van der Waals surface area contributed by atoms with Crippen LogP contribution in [-0.4, -0.2) is 50.7 Å². The first-order valence-electron chi connectivity index (χ1n) is 8.07. The topological polar surface area (TPSA) is 94.5 Å². The van der Waals surface area contributed by atoms with E-state index in [9.17, 15) is 4.79 Å². The fourth-order valence-corrected chi connectivity index (χ4v) is 3.35. The molecule has 8 nitrogen and oxygen atoms in total. The van der Waals surface area contributed by atoms with E-state index < -0.39 is 0 Å². The Morgan fingerprint density at radius 2 is 2.32 bits per heavy atom. The molecule has 3 aromatic rings. The van der Waals surface area contributed by atoms with Gasteiger partial charge in [-0.3, -0.25) is 4.79 Å². The summed E-state index contributed by atoms with van der Waals surface area (Å²) in [6.07, 6.45) is 3.80. The molecule has 3 aromatic heterocycles. The molecule has 1 unspecified atom stereocenters. The third-order valence-corrected chi connectivity index (χ3v) is 4.81. The zero-order valence-electron chi connectivity index (χ0n) is 13.4. The minimum absolute atomic E-state index is 0.0561. The van der Waals surface area contributed by atoms with Gasteiger partial charge in [0, 0.05) is 13.2 Å². The monoisotopic (exact) mass is 359 g/mol. The second kappa shape index (κ2) is 7.24. The average Bonchev–Trinajstić information content (AvgIpc) is 3.39. The summed E-state index contributed by atoms with van der Waals surface area (Å²) in [5.41, 5.74) is 1.31. The third-order valence-electron chi connectivity index (χ3n) is 3.89. The number of fused-ring (bicyclic) bond motifs is 1. The number of amides is 1. The molecule has 25 heavy (non-hydrogen) atoms. The van der Waals surface area contributed by atoms with Crippen molar-refractivity contribution in [2.45, 2.75) is 24.1 Å². The van der Waals surface area contributed by atoms with Crippen molar-refractivity contribution in [3.63, 3.8) is 0 Å². The van der Waals surface area contributed by atoms with Gasteiger partial charge in [0.15, 0.2) is 11.4 Å². The normalized spacial score (nSPS) is 17.2. The smallest absolute Gasteiger partial charge is 0.230 e. The van der Waals surface area contributed by atoms with Crippen LogP contribution in [0.4, 0.5) is 0 Å². The number of thioether (sulfide) groups is 1. The van der Waals surface area contributed by atoms with E-state index in [2.05, 4.69) is 20.6 Å². The van der Waals surface area contributed by atoms with E-state index in [0.717, 1.165) is 19.4 Å². The van der Waals surface area contributed by atoms with Crippen LogP contribution in [0, 0.1) is 0 Å². The molecular formula is C16H17N5O3S. The molecule has 0 aromatic carbocycles. The molecule has 1 saturated heterocycles. The minimum Gasteiger partial charge on any atom is -0.463 e. The second-order valence-electron chi connectivity index (χ2n) is 5.68. The van der Waals surface area contributed by atoms with Crippen LogP contribution in [0.3, 0.4) is 0 Å². The molecule has 130 valence electrons. The van der Waals surface area contributed by atoms with Crippen LogP contribution in [0.15, 0.2) is 40.1 Å². The van der Waals surface area contributed by atoms with Crippen molar-refractivity contribution in [3.8, 4) is 11.5 Å². The molecule has 1 aliphatic rings. The largest absolute Gasteiger partial charge is 0.463 e. The van der Waals surface area contributed by atoms with Crippen LogP contribution in [0.1, 0.15) is 12.8 Å². The predicted molar refractivity (Wildman–Crippen MR) is 91.2 cm³/mol. The van der Waals surface area contributed by atoms with Gasteiger partial charge in [0.05, 0.1) is 18.1 Å². The van der Waals surface area contributed by atoms with Gasteiger partial charge in [-0.15, -0.1) is 10.2 Å². The molecule has 4 heterocycles. The first-order chi connectivity index (χ1) is 12.3. The van der Waals surface area contributed by atoms with Crippen molar-refractivity contribution >= 4 is 23.3 Å². The van der Waals surface area contributed by atoms with Gasteiger partial charge < -0.3 is 14.5 Å². The number of ether oxygens (including phenoxy) is 1. The molecule has 0 aliphatic carbocycles. The second-order valence-corrected chi connectivity index (χ2v) is 6.62. The van der Waals surface area contributed by atoms with Gasteiger partial charge in [0.25, 0.3) is 0 Å². The standard InChI is InChI=1S/C16H17N5O3S/c22-15(17-9-11-3-1-7-23-11)10-25-16-19-18-14-6-5-12(20-21(14)16)13-4-2-8-24-13/h2,4-6,8,11H,1,3,7,9-10H2,(H,17,22). The molecule has 4 rings (SSSR count). The van der Waals surface area contributed by atoms with Gasteiger partial charge in [-0.2, -0.15) is 9.61 Å². The van der Waals surface area contributed by atoms with Gasteiger partial charge in [-0.1, -0.05) is 11.8 Å². The molecule has 1 N–H and O–H groups in total. The Balaban J connectivity index is 1.40. The van der Waals surface area contributed by atoms with Crippen LogP contribution >= 0.6 is 11.8 Å². The van der Waals surface area contributed by atoms with E-state index in [1.807, 2.05) is 18.2 Å². The number of hydrogen-bond donors (Lipinski definition) is 1. The number of furan rings is 1. The zero-order valence-corrected chi connectivity index (χ0v) is 14.2. The van der Waals surface area contributed by atoms with Crippen molar-refractivity contribution in [1.82, 2.24) is 25.1 Å². The fraction of sp³-hybridized carbons (Fsp3) is 0.375. The summed E-state index contributed by atoms with van der Waals surface area (Å²) in [5.74, 6) is 0.862.